The molecule has 1 aliphatic rings. The van der Waals surface area contributed by atoms with Gasteiger partial charge in [0.05, 0.1) is 22.5 Å². The summed E-state index contributed by atoms with van der Waals surface area (Å²) in [4.78, 5) is 25.1. The molecular weight excluding hydrogens is 252 g/mol. The van der Waals surface area contributed by atoms with Crippen molar-refractivity contribution in [3.63, 3.8) is 0 Å². The van der Waals surface area contributed by atoms with E-state index >= 15 is 0 Å². The Morgan fingerprint density at radius 3 is 2.83 bits per heavy atom. The van der Waals surface area contributed by atoms with Gasteiger partial charge in [-0.05, 0) is 33.2 Å². The molecule has 0 spiro atoms. The van der Waals surface area contributed by atoms with Gasteiger partial charge < -0.3 is 15.4 Å². The number of carbonyl (C=O) groups excluding carboxylic acids is 2. The van der Waals surface area contributed by atoms with Gasteiger partial charge in [-0.1, -0.05) is 11.8 Å². The van der Waals surface area contributed by atoms with E-state index in [1.165, 1.54) is 22.7 Å². The van der Waals surface area contributed by atoms with E-state index in [0.717, 1.165) is 6.42 Å². The summed E-state index contributed by atoms with van der Waals surface area (Å²) in [5, 5.41) is 0.637. The first-order chi connectivity index (χ1) is 8.44. The van der Waals surface area contributed by atoms with Crippen molar-refractivity contribution in [1.82, 2.24) is 4.90 Å². The van der Waals surface area contributed by atoms with Gasteiger partial charge in [0.25, 0.3) is 0 Å². The third-order valence-corrected chi connectivity index (χ3v) is 4.23. The molecule has 1 atom stereocenters. The van der Waals surface area contributed by atoms with Crippen molar-refractivity contribution in [2.75, 3.05) is 20.2 Å². The molecule has 0 aromatic heterocycles. The van der Waals surface area contributed by atoms with Gasteiger partial charge in [-0.2, -0.15) is 0 Å². The molecule has 0 aliphatic carbocycles. The van der Waals surface area contributed by atoms with E-state index in [2.05, 4.69) is 0 Å². The van der Waals surface area contributed by atoms with E-state index in [-0.39, 0.29) is 5.91 Å². The van der Waals surface area contributed by atoms with E-state index in [1.807, 2.05) is 6.92 Å². The summed E-state index contributed by atoms with van der Waals surface area (Å²) in [5.41, 5.74) is 5.48. The molecule has 18 heavy (non-hydrogen) atoms. The second kappa shape index (κ2) is 6.24. The maximum atomic E-state index is 12.2. The van der Waals surface area contributed by atoms with Crippen LogP contribution in [0.15, 0.2) is 11.1 Å². The Morgan fingerprint density at radius 2 is 2.28 bits per heavy atom. The summed E-state index contributed by atoms with van der Waals surface area (Å²) in [6.07, 6.45) is 2.87. The van der Waals surface area contributed by atoms with Crippen molar-refractivity contribution in [3.05, 3.63) is 11.1 Å². The van der Waals surface area contributed by atoms with E-state index in [9.17, 15) is 9.59 Å². The minimum absolute atomic E-state index is 0.0106. The van der Waals surface area contributed by atoms with Crippen LogP contribution in [0.4, 0.5) is 0 Å². The molecule has 0 aromatic rings. The summed E-state index contributed by atoms with van der Waals surface area (Å²) in [5.74, 6) is -0.403. The highest BCUT2D eigenvalue weighted by molar-refractivity contribution is 8.05. The van der Waals surface area contributed by atoms with Gasteiger partial charge in [0.15, 0.2) is 0 Å². The lowest BCUT2D eigenvalue weighted by Crippen LogP contribution is -2.34. The quantitative estimate of drug-likeness (QED) is 0.599. The molecule has 2 N–H and O–H groups in total. The minimum atomic E-state index is -0.521. The Labute approximate surface area is 112 Å². The molecule has 102 valence electrons. The number of carbonyl (C=O) groups is 2. The average Bonchev–Trinajstić information content (AvgIpc) is 2.53. The molecule has 1 rings (SSSR count). The Bertz CT molecular complexity index is 370. The summed E-state index contributed by atoms with van der Waals surface area (Å²) in [6.45, 7) is 4.52. The number of thioether (sulfide) groups is 1. The number of esters is 1. The predicted octanol–water partition coefficient (Wildman–Crippen LogP) is 1.09. The predicted molar refractivity (Wildman–Crippen MR) is 71.8 cm³/mol. The number of rotatable bonds is 5. The summed E-state index contributed by atoms with van der Waals surface area (Å²) in [6, 6.07) is 0. The number of hydrogen-bond donors (Lipinski definition) is 1. The highest BCUT2D eigenvalue weighted by Crippen LogP contribution is 2.45. The molecule has 0 saturated carbocycles. The molecule has 0 aromatic carbocycles. The van der Waals surface area contributed by atoms with Crippen molar-refractivity contribution in [2.24, 2.45) is 5.73 Å². The Balaban J connectivity index is 2.81. The minimum Gasteiger partial charge on any atom is -0.463 e. The van der Waals surface area contributed by atoms with Gasteiger partial charge in [0, 0.05) is 7.05 Å². The SMILES string of the molecule is CCOC(=O)/C=C1\SC(C)(CCCN)C(=O)N1C. The fourth-order valence-corrected chi connectivity index (χ4v) is 3.11. The lowest BCUT2D eigenvalue weighted by Gasteiger charge is -2.19. The fourth-order valence-electron chi connectivity index (χ4n) is 1.81. The summed E-state index contributed by atoms with van der Waals surface area (Å²) in [7, 11) is 1.67. The van der Waals surface area contributed by atoms with Gasteiger partial charge in [-0.15, -0.1) is 0 Å². The van der Waals surface area contributed by atoms with Crippen molar-refractivity contribution in [1.29, 1.82) is 0 Å². The lowest BCUT2D eigenvalue weighted by atomic mass is 10.0. The van der Waals surface area contributed by atoms with Crippen LogP contribution in [-0.4, -0.2) is 41.7 Å². The molecule has 0 bridgehead atoms. The maximum absolute atomic E-state index is 12.2. The maximum Gasteiger partial charge on any atom is 0.333 e. The summed E-state index contributed by atoms with van der Waals surface area (Å²) < 4.78 is 4.33. The van der Waals surface area contributed by atoms with Crippen LogP contribution in [0.2, 0.25) is 0 Å². The van der Waals surface area contributed by atoms with Gasteiger partial charge in [0.2, 0.25) is 5.91 Å². The van der Waals surface area contributed by atoms with Crippen LogP contribution >= 0.6 is 11.8 Å². The van der Waals surface area contributed by atoms with Crippen molar-refractivity contribution in [3.8, 4) is 0 Å². The van der Waals surface area contributed by atoms with Crippen LogP contribution in [-0.2, 0) is 14.3 Å². The zero-order valence-electron chi connectivity index (χ0n) is 11.1. The molecule has 1 fully saturated rings. The van der Waals surface area contributed by atoms with E-state index in [0.29, 0.717) is 24.6 Å². The number of amides is 1. The summed E-state index contributed by atoms with van der Waals surface area (Å²) >= 11 is 1.40. The van der Waals surface area contributed by atoms with E-state index in [4.69, 9.17) is 10.5 Å². The number of nitrogens with zero attached hydrogens (tertiary/aromatic N) is 1. The standard InChI is InChI=1S/C12H20N2O3S/c1-4-17-10(15)8-9-14(3)11(16)12(2,18-9)6-5-7-13/h8H,4-7,13H2,1-3H3/b9-8-. The van der Waals surface area contributed by atoms with Gasteiger partial charge in [-0.25, -0.2) is 4.79 Å². The smallest absolute Gasteiger partial charge is 0.333 e. The molecule has 1 heterocycles. The van der Waals surface area contributed by atoms with Gasteiger partial charge in [0.1, 0.15) is 0 Å². The van der Waals surface area contributed by atoms with Crippen LogP contribution < -0.4 is 5.73 Å². The van der Waals surface area contributed by atoms with Crippen molar-refractivity contribution < 1.29 is 14.3 Å². The van der Waals surface area contributed by atoms with Crippen molar-refractivity contribution >= 4 is 23.6 Å². The lowest BCUT2D eigenvalue weighted by molar-refractivity contribution is -0.137. The molecule has 1 unspecified atom stereocenters. The first-order valence-electron chi connectivity index (χ1n) is 6.00. The number of hydrogen-bond acceptors (Lipinski definition) is 5. The molecule has 6 heteroatoms. The Morgan fingerprint density at radius 1 is 1.61 bits per heavy atom. The van der Waals surface area contributed by atoms with Crippen LogP contribution in [0.25, 0.3) is 0 Å². The Kier molecular flexibility index (Phi) is 5.22. The largest absolute Gasteiger partial charge is 0.463 e. The second-order valence-corrected chi connectivity index (χ2v) is 5.85. The highest BCUT2D eigenvalue weighted by atomic mass is 32.2. The molecule has 1 aliphatic heterocycles. The van der Waals surface area contributed by atoms with Crippen LogP contribution in [0, 0.1) is 0 Å². The van der Waals surface area contributed by atoms with Gasteiger partial charge >= 0.3 is 5.97 Å². The fraction of sp³-hybridized carbons (Fsp3) is 0.667. The molecule has 1 saturated heterocycles. The molecule has 0 radical (unpaired) electrons. The normalized spacial score (nSPS) is 25.9. The van der Waals surface area contributed by atoms with Crippen LogP contribution in [0.5, 0.6) is 0 Å². The second-order valence-electron chi connectivity index (χ2n) is 4.32. The molecule has 5 nitrogen and oxygen atoms in total. The monoisotopic (exact) mass is 272 g/mol. The third-order valence-electron chi connectivity index (χ3n) is 2.80. The molecule has 1 amide bonds. The van der Waals surface area contributed by atoms with E-state index in [1.54, 1.807) is 14.0 Å². The topological polar surface area (TPSA) is 72.6 Å². The molecular formula is C12H20N2O3S. The Hall–Kier alpha value is -1.01. The third kappa shape index (κ3) is 3.26. The van der Waals surface area contributed by atoms with Gasteiger partial charge in [-0.3, -0.25) is 4.79 Å². The zero-order valence-corrected chi connectivity index (χ0v) is 11.9. The van der Waals surface area contributed by atoms with Crippen molar-refractivity contribution in [2.45, 2.75) is 31.4 Å². The number of ether oxygens (including phenoxy) is 1. The first-order valence-corrected chi connectivity index (χ1v) is 6.82. The average molecular weight is 272 g/mol. The first kappa shape index (κ1) is 15.0. The van der Waals surface area contributed by atoms with E-state index < -0.39 is 10.7 Å². The van der Waals surface area contributed by atoms with Crippen LogP contribution in [0.1, 0.15) is 26.7 Å². The number of nitrogens with two attached hydrogens (primary N) is 1. The van der Waals surface area contributed by atoms with Crippen LogP contribution in [0.3, 0.4) is 0 Å². The highest BCUT2D eigenvalue weighted by Gasteiger charge is 2.44. The zero-order chi connectivity index (χ0) is 13.8.